The van der Waals surface area contributed by atoms with Gasteiger partial charge in [-0.2, -0.15) is 0 Å². The van der Waals surface area contributed by atoms with Crippen LogP contribution in [0.1, 0.15) is 27.2 Å². The number of hydrogen-bond donors (Lipinski definition) is 1. The number of hydrogen-bond acceptors (Lipinski definition) is 4. The fraction of sp³-hybridized carbons (Fsp3) is 0.0370. The molecule has 0 spiro atoms. The molecule has 2 aromatic heterocycles. The number of carboxylic acid groups (broad SMARTS) is 1. The van der Waals surface area contributed by atoms with E-state index in [0.717, 1.165) is 23.2 Å². The van der Waals surface area contributed by atoms with Crippen LogP contribution in [-0.2, 0) is 11.3 Å². The van der Waals surface area contributed by atoms with Gasteiger partial charge in [0.1, 0.15) is 0 Å². The van der Waals surface area contributed by atoms with Crippen molar-refractivity contribution >= 4 is 18.1 Å². The molecular weight excluding hydrogens is 414 g/mol. The number of aromatic nitrogens is 2. The Morgan fingerprint density at radius 2 is 1.61 bits per heavy atom. The maximum atomic E-state index is 11.9. The Morgan fingerprint density at radius 1 is 0.879 bits per heavy atom. The Hall–Kier alpha value is -4.76. The molecule has 0 unspecified atom stereocenters. The average molecular weight is 433 g/mol. The second-order valence-electron chi connectivity index (χ2n) is 7.12. The third-order valence-electron chi connectivity index (χ3n) is 4.93. The zero-order valence-corrected chi connectivity index (χ0v) is 17.6. The lowest BCUT2D eigenvalue weighted by atomic mass is 10.1. The maximum absolute atomic E-state index is 11.9. The summed E-state index contributed by atoms with van der Waals surface area (Å²) in [6, 6.07) is 24.2. The van der Waals surface area contributed by atoms with Crippen molar-refractivity contribution in [3.8, 4) is 23.1 Å². The summed E-state index contributed by atoms with van der Waals surface area (Å²) in [6.45, 7) is 0.317. The fourth-order valence-electron chi connectivity index (χ4n) is 3.31. The van der Waals surface area contributed by atoms with E-state index in [1.165, 1.54) is 6.20 Å². The third kappa shape index (κ3) is 5.12. The lowest BCUT2D eigenvalue weighted by Gasteiger charge is -2.19. The third-order valence-corrected chi connectivity index (χ3v) is 4.93. The monoisotopic (exact) mass is 433 g/mol. The van der Waals surface area contributed by atoms with E-state index in [0.29, 0.717) is 23.4 Å². The van der Waals surface area contributed by atoms with Gasteiger partial charge in [0, 0.05) is 23.5 Å². The number of benzene rings is 2. The molecule has 0 fully saturated rings. The number of rotatable bonds is 6. The SMILES string of the molecule is O=CN(Cc1ccc(-c2ccccc2)nc1)c1ccccc1C#Cc1cccnc1C(=O)O. The second kappa shape index (κ2) is 10.0. The molecule has 0 saturated carbocycles. The molecule has 1 N–H and O–H groups in total. The first-order chi connectivity index (χ1) is 16.2. The molecule has 0 atom stereocenters. The first-order valence-corrected chi connectivity index (χ1v) is 10.2. The molecule has 0 aliphatic carbocycles. The van der Waals surface area contributed by atoms with Crippen molar-refractivity contribution in [2.45, 2.75) is 6.54 Å². The minimum atomic E-state index is -1.14. The highest BCUT2D eigenvalue weighted by Crippen LogP contribution is 2.22. The van der Waals surface area contributed by atoms with Gasteiger partial charge in [0.15, 0.2) is 5.69 Å². The van der Waals surface area contributed by atoms with E-state index in [1.54, 1.807) is 35.4 Å². The normalized spacial score (nSPS) is 10.1. The van der Waals surface area contributed by atoms with E-state index in [-0.39, 0.29) is 5.69 Å². The smallest absolute Gasteiger partial charge is 0.355 e. The van der Waals surface area contributed by atoms with Gasteiger partial charge in [-0.1, -0.05) is 60.4 Å². The number of pyridine rings is 2. The summed E-state index contributed by atoms with van der Waals surface area (Å²) < 4.78 is 0. The summed E-state index contributed by atoms with van der Waals surface area (Å²) in [4.78, 5) is 33.3. The second-order valence-corrected chi connectivity index (χ2v) is 7.12. The minimum Gasteiger partial charge on any atom is -0.476 e. The molecule has 4 rings (SSSR count). The molecule has 0 radical (unpaired) electrons. The number of para-hydroxylation sites is 1. The number of amides is 1. The molecule has 2 heterocycles. The van der Waals surface area contributed by atoms with Gasteiger partial charge in [0.25, 0.3) is 0 Å². The first-order valence-electron chi connectivity index (χ1n) is 10.2. The van der Waals surface area contributed by atoms with E-state index in [2.05, 4.69) is 21.8 Å². The van der Waals surface area contributed by atoms with Gasteiger partial charge < -0.3 is 10.0 Å². The van der Waals surface area contributed by atoms with Crippen LogP contribution < -0.4 is 4.90 Å². The van der Waals surface area contributed by atoms with Crippen LogP contribution in [0.4, 0.5) is 5.69 Å². The van der Waals surface area contributed by atoms with Gasteiger partial charge in [0.2, 0.25) is 6.41 Å². The largest absolute Gasteiger partial charge is 0.476 e. The molecule has 0 saturated heterocycles. The van der Waals surface area contributed by atoms with Crippen LogP contribution in [0.15, 0.2) is 91.3 Å². The Bertz CT molecular complexity index is 1340. The van der Waals surface area contributed by atoms with Crippen LogP contribution in [0.3, 0.4) is 0 Å². The van der Waals surface area contributed by atoms with E-state index >= 15 is 0 Å². The van der Waals surface area contributed by atoms with Crippen LogP contribution >= 0.6 is 0 Å². The van der Waals surface area contributed by atoms with Crippen molar-refractivity contribution in [3.63, 3.8) is 0 Å². The number of carbonyl (C=O) groups is 2. The Kier molecular flexibility index (Phi) is 6.53. The summed E-state index contributed by atoms with van der Waals surface area (Å²) in [6.07, 6.45) is 3.91. The summed E-state index contributed by atoms with van der Waals surface area (Å²) >= 11 is 0. The Balaban J connectivity index is 1.60. The molecule has 160 valence electrons. The maximum Gasteiger partial charge on any atom is 0.355 e. The van der Waals surface area contributed by atoms with Crippen molar-refractivity contribution in [1.29, 1.82) is 0 Å². The Labute approximate surface area is 191 Å². The number of carbonyl (C=O) groups excluding carboxylic acids is 1. The van der Waals surface area contributed by atoms with E-state index in [4.69, 9.17) is 0 Å². The van der Waals surface area contributed by atoms with Crippen LogP contribution in [0.5, 0.6) is 0 Å². The average Bonchev–Trinajstić information content (AvgIpc) is 2.87. The predicted molar refractivity (Wildman–Crippen MR) is 126 cm³/mol. The van der Waals surface area contributed by atoms with Gasteiger partial charge in [-0.3, -0.25) is 9.78 Å². The molecule has 6 nitrogen and oxygen atoms in total. The van der Waals surface area contributed by atoms with Gasteiger partial charge in [-0.15, -0.1) is 0 Å². The molecular formula is C27H19N3O3. The standard InChI is InChI=1S/C27H19N3O3/c31-19-30(18-20-12-15-24(29-17-20)21-7-2-1-3-8-21)25-11-5-4-9-22(25)13-14-23-10-6-16-28-26(23)27(32)33/h1-12,15-17,19H,18H2,(H,32,33). The highest BCUT2D eigenvalue weighted by Gasteiger charge is 2.12. The molecule has 2 aromatic carbocycles. The number of carboxylic acids is 1. The molecule has 0 aliphatic rings. The molecule has 0 aliphatic heterocycles. The molecule has 1 amide bonds. The zero-order valence-electron chi connectivity index (χ0n) is 17.6. The van der Waals surface area contributed by atoms with Crippen molar-refractivity contribution < 1.29 is 14.7 Å². The summed E-state index contributed by atoms with van der Waals surface area (Å²) in [7, 11) is 0. The van der Waals surface area contributed by atoms with Gasteiger partial charge in [0.05, 0.1) is 23.5 Å². The van der Waals surface area contributed by atoms with Gasteiger partial charge in [-0.25, -0.2) is 9.78 Å². The van der Waals surface area contributed by atoms with Crippen LogP contribution in [0, 0.1) is 11.8 Å². The van der Waals surface area contributed by atoms with E-state index in [1.807, 2.05) is 54.6 Å². The van der Waals surface area contributed by atoms with E-state index < -0.39 is 5.97 Å². The zero-order chi connectivity index (χ0) is 23.0. The summed E-state index contributed by atoms with van der Waals surface area (Å²) in [5.41, 5.74) is 4.15. The minimum absolute atomic E-state index is 0.112. The fourth-order valence-corrected chi connectivity index (χ4v) is 3.31. The summed E-state index contributed by atoms with van der Waals surface area (Å²) in [5.74, 6) is 4.71. The topological polar surface area (TPSA) is 83.4 Å². The highest BCUT2D eigenvalue weighted by atomic mass is 16.4. The van der Waals surface area contributed by atoms with Crippen LogP contribution in [0.25, 0.3) is 11.3 Å². The quantitative estimate of drug-likeness (QED) is 0.360. The van der Waals surface area contributed by atoms with Crippen molar-refractivity contribution in [2.75, 3.05) is 4.90 Å². The van der Waals surface area contributed by atoms with Crippen molar-refractivity contribution in [3.05, 3.63) is 114 Å². The Morgan fingerprint density at radius 3 is 2.33 bits per heavy atom. The van der Waals surface area contributed by atoms with Crippen LogP contribution in [0.2, 0.25) is 0 Å². The van der Waals surface area contributed by atoms with Gasteiger partial charge >= 0.3 is 5.97 Å². The highest BCUT2D eigenvalue weighted by molar-refractivity contribution is 5.88. The van der Waals surface area contributed by atoms with Crippen LogP contribution in [-0.4, -0.2) is 27.5 Å². The lowest BCUT2D eigenvalue weighted by Crippen LogP contribution is -2.21. The molecule has 33 heavy (non-hydrogen) atoms. The number of aromatic carboxylic acids is 1. The summed E-state index contributed by atoms with van der Waals surface area (Å²) in [5, 5.41) is 9.31. The molecule has 6 heteroatoms. The first kappa shape index (κ1) is 21.5. The molecule has 0 bridgehead atoms. The predicted octanol–water partition coefficient (Wildman–Crippen LogP) is 4.40. The number of nitrogens with zero attached hydrogens (tertiary/aromatic N) is 3. The van der Waals surface area contributed by atoms with Crippen molar-refractivity contribution in [2.24, 2.45) is 0 Å². The lowest BCUT2D eigenvalue weighted by molar-refractivity contribution is -0.107. The van der Waals surface area contributed by atoms with E-state index in [9.17, 15) is 14.7 Å². The van der Waals surface area contributed by atoms with Crippen molar-refractivity contribution in [1.82, 2.24) is 9.97 Å². The molecule has 4 aromatic rings. The van der Waals surface area contributed by atoms with Gasteiger partial charge in [-0.05, 0) is 35.9 Å². The number of anilines is 1.